The Morgan fingerprint density at radius 2 is 1.84 bits per heavy atom. The van der Waals surface area contributed by atoms with Gasteiger partial charge in [0.25, 0.3) is 0 Å². The lowest BCUT2D eigenvalue weighted by Gasteiger charge is -2.18. The first kappa shape index (κ1) is 15.3. The third-order valence-electron chi connectivity index (χ3n) is 2.80. The summed E-state index contributed by atoms with van der Waals surface area (Å²) in [7, 11) is 0. The van der Waals surface area contributed by atoms with Crippen LogP contribution in [0.1, 0.15) is 33.6 Å². The lowest BCUT2D eigenvalue weighted by Crippen LogP contribution is -2.33. The summed E-state index contributed by atoms with van der Waals surface area (Å²) in [6.45, 7) is 7.93. The summed E-state index contributed by atoms with van der Waals surface area (Å²) in [4.78, 5) is 13.4. The van der Waals surface area contributed by atoms with Crippen LogP contribution in [0.5, 0.6) is 11.5 Å². The molecule has 1 aromatic rings. The summed E-state index contributed by atoms with van der Waals surface area (Å²) in [6.07, 6.45) is 1.79. The maximum absolute atomic E-state index is 11.8. The zero-order valence-corrected chi connectivity index (χ0v) is 12.0. The Labute approximate surface area is 115 Å². The minimum Gasteiger partial charge on any atom is -0.493 e. The van der Waals surface area contributed by atoms with Gasteiger partial charge in [-0.3, -0.25) is 0 Å². The van der Waals surface area contributed by atoms with Crippen LogP contribution in [0, 0.1) is 0 Å². The molecular formula is C15H23NO3. The van der Waals surface area contributed by atoms with E-state index in [4.69, 9.17) is 9.47 Å². The van der Waals surface area contributed by atoms with Crippen molar-refractivity contribution in [3.63, 3.8) is 0 Å². The normalized spacial score (nSPS) is 10.1. The summed E-state index contributed by atoms with van der Waals surface area (Å²) in [5.41, 5.74) is 0. The monoisotopic (exact) mass is 265 g/mol. The van der Waals surface area contributed by atoms with Gasteiger partial charge >= 0.3 is 6.09 Å². The van der Waals surface area contributed by atoms with Crippen molar-refractivity contribution in [3.05, 3.63) is 24.3 Å². The van der Waals surface area contributed by atoms with Crippen LogP contribution in [0.25, 0.3) is 0 Å². The second-order valence-corrected chi connectivity index (χ2v) is 4.22. The number of hydrogen-bond donors (Lipinski definition) is 0. The Balaban J connectivity index is 2.58. The molecule has 0 unspecified atom stereocenters. The summed E-state index contributed by atoms with van der Waals surface area (Å²) in [6, 6.07) is 7.20. The van der Waals surface area contributed by atoms with Gasteiger partial charge < -0.3 is 14.4 Å². The third kappa shape index (κ3) is 5.20. The van der Waals surface area contributed by atoms with Gasteiger partial charge in [-0.1, -0.05) is 19.4 Å². The van der Waals surface area contributed by atoms with Gasteiger partial charge in [-0.05, 0) is 32.4 Å². The molecule has 1 rings (SSSR count). The summed E-state index contributed by atoms with van der Waals surface area (Å²) in [5.74, 6) is 1.25. The van der Waals surface area contributed by atoms with Crippen molar-refractivity contribution in [1.82, 2.24) is 4.90 Å². The number of carbonyl (C=O) groups excluding carboxylic acids is 1. The predicted octanol–water partition coefficient (Wildman–Crippen LogP) is 3.71. The molecule has 4 heteroatoms. The van der Waals surface area contributed by atoms with Crippen LogP contribution in [0.3, 0.4) is 0 Å². The van der Waals surface area contributed by atoms with Crippen LogP contribution < -0.4 is 9.47 Å². The van der Waals surface area contributed by atoms with Crippen molar-refractivity contribution >= 4 is 6.09 Å². The van der Waals surface area contributed by atoms with Gasteiger partial charge in [0.15, 0.2) is 0 Å². The molecule has 0 bridgehead atoms. The van der Waals surface area contributed by atoms with Gasteiger partial charge in [0, 0.05) is 19.2 Å². The van der Waals surface area contributed by atoms with Crippen LogP contribution in [0.2, 0.25) is 0 Å². The van der Waals surface area contributed by atoms with Gasteiger partial charge in [0.05, 0.1) is 6.61 Å². The average molecular weight is 265 g/mol. The molecule has 4 nitrogen and oxygen atoms in total. The molecule has 19 heavy (non-hydrogen) atoms. The molecule has 0 fully saturated rings. The molecule has 0 atom stereocenters. The molecule has 0 saturated carbocycles. The SMILES string of the molecule is CCCCOc1cccc(OC(=O)N(CC)CC)c1. The minimum absolute atomic E-state index is 0.323. The predicted molar refractivity (Wildman–Crippen MR) is 75.8 cm³/mol. The lowest BCUT2D eigenvalue weighted by atomic mass is 10.3. The van der Waals surface area contributed by atoms with E-state index in [1.165, 1.54) is 0 Å². The molecule has 0 spiro atoms. The smallest absolute Gasteiger partial charge is 0.415 e. The number of carbonyl (C=O) groups is 1. The van der Waals surface area contributed by atoms with E-state index in [-0.39, 0.29) is 6.09 Å². The number of rotatable bonds is 7. The van der Waals surface area contributed by atoms with Crippen LogP contribution in [0.15, 0.2) is 24.3 Å². The lowest BCUT2D eigenvalue weighted by molar-refractivity contribution is 0.157. The molecule has 1 amide bonds. The maximum atomic E-state index is 11.8. The van der Waals surface area contributed by atoms with Crippen molar-refractivity contribution < 1.29 is 14.3 Å². The fraction of sp³-hybridized carbons (Fsp3) is 0.533. The maximum Gasteiger partial charge on any atom is 0.415 e. The van der Waals surface area contributed by atoms with Gasteiger partial charge in [-0.2, -0.15) is 0 Å². The first-order valence-electron chi connectivity index (χ1n) is 6.90. The van der Waals surface area contributed by atoms with E-state index >= 15 is 0 Å². The number of benzene rings is 1. The molecular weight excluding hydrogens is 242 g/mol. The Bertz CT molecular complexity index is 389. The zero-order chi connectivity index (χ0) is 14.1. The second kappa shape index (κ2) is 8.40. The highest BCUT2D eigenvalue weighted by atomic mass is 16.6. The molecule has 1 aromatic carbocycles. The van der Waals surface area contributed by atoms with Gasteiger partial charge in [-0.25, -0.2) is 4.79 Å². The molecule has 0 heterocycles. The van der Waals surface area contributed by atoms with Crippen molar-refractivity contribution in [1.29, 1.82) is 0 Å². The summed E-state index contributed by atoms with van der Waals surface area (Å²) in [5, 5.41) is 0. The van der Waals surface area contributed by atoms with Crippen molar-refractivity contribution in [2.75, 3.05) is 19.7 Å². The highest BCUT2D eigenvalue weighted by molar-refractivity contribution is 5.70. The summed E-state index contributed by atoms with van der Waals surface area (Å²) >= 11 is 0. The molecule has 0 aliphatic carbocycles. The van der Waals surface area contributed by atoms with Crippen LogP contribution in [-0.2, 0) is 0 Å². The van der Waals surface area contributed by atoms with E-state index in [0.717, 1.165) is 18.6 Å². The first-order chi connectivity index (χ1) is 9.21. The van der Waals surface area contributed by atoms with E-state index < -0.39 is 0 Å². The van der Waals surface area contributed by atoms with Crippen LogP contribution in [0.4, 0.5) is 4.79 Å². The molecule has 0 N–H and O–H groups in total. The van der Waals surface area contributed by atoms with Crippen molar-refractivity contribution in [2.24, 2.45) is 0 Å². The van der Waals surface area contributed by atoms with Gasteiger partial charge in [0.1, 0.15) is 11.5 Å². The number of amides is 1. The van der Waals surface area contributed by atoms with Gasteiger partial charge in [-0.15, -0.1) is 0 Å². The highest BCUT2D eigenvalue weighted by Crippen LogP contribution is 2.20. The fourth-order valence-electron chi connectivity index (χ4n) is 1.61. The Morgan fingerprint density at radius 1 is 1.16 bits per heavy atom. The highest BCUT2D eigenvalue weighted by Gasteiger charge is 2.12. The zero-order valence-electron chi connectivity index (χ0n) is 12.0. The largest absolute Gasteiger partial charge is 0.493 e. The molecule has 0 saturated heterocycles. The summed E-state index contributed by atoms with van der Waals surface area (Å²) < 4.78 is 10.9. The fourth-order valence-corrected chi connectivity index (χ4v) is 1.61. The molecule has 106 valence electrons. The molecule has 0 radical (unpaired) electrons. The Hall–Kier alpha value is -1.71. The van der Waals surface area contributed by atoms with E-state index in [1.807, 2.05) is 26.0 Å². The Kier molecular flexibility index (Phi) is 6.79. The van der Waals surface area contributed by atoms with E-state index in [1.54, 1.807) is 17.0 Å². The number of nitrogens with zero attached hydrogens (tertiary/aromatic N) is 1. The molecule has 0 aromatic heterocycles. The number of ether oxygens (including phenoxy) is 2. The van der Waals surface area contributed by atoms with E-state index in [2.05, 4.69) is 6.92 Å². The average Bonchev–Trinajstić information content (AvgIpc) is 2.41. The quantitative estimate of drug-likeness (QED) is 0.705. The third-order valence-corrected chi connectivity index (χ3v) is 2.80. The van der Waals surface area contributed by atoms with Gasteiger partial charge in [0.2, 0.25) is 0 Å². The number of unbranched alkanes of at least 4 members (excludes halogenated alkanes) is 1. The Morgan fingerprint density at radius 3 is 2.47 bits per heavy atom. The topological polar surface area (TPSA) is 38.8 Å². The van der Waals surface area contributed by atoms with Crippen molar-refractivity contribution in [2.45, 2.75) is 33.6 Å². The van der Waals surface area contributed by atoms with E-state index in [9.17, 15) is 4.79 Å². The van der Waals surface area contributed by atoms with Crippen molar-refractivity contribution in [3.8, 4) is 11.5 Å². The molecule has 0 aliphatic heterocycles. The standard InChI is InChI=1S/C15H23NO3/c1-4-7-11-18-13-9-8-10-14(12-13)19-15(17)16(5-2)6-3/h8-10,12H,4-7,11H2,1-3H3. The number of hydrogen-bond acceptors (Lipinski definition) is 3. The van der Waals surface area contributed by atoms with Crippen LogP contribution >= 0.6 is 0 Å². The molecule has 0 aliphatic rings. The van der Waals surface area contributed by atoms with E-state index in [0.29, 0.717) is 25.4 Å². The minimum atomic E-state index is -0.323. The first-order valence-corrected chi connectivity index (χ1v) is 6.90. The second-order valence-electron chi connectivity index (χ2n) is 4.22. The van der Waals surface area contributed by atoms with Crippen LogP contribution in [-0.4, -0.2) is 30.7 Å².